The Morgan fingerprint density at radius 1 is 1.33 bits per heavy atom. The van der Waals surface area contributed by atoms with Crippen LogP contribution in [-0.4, -0.2) is 70.2 Å². The zero-order chi connectivity index (χ0) is 15.3. The van der Waals surface area contributed by atoms with E-state index < -0.39 is 42.4 Å². The van der Waals surface area contributed by atoms with Crippen molar-refractivity contribution in [2.75, 3.05) is 25.2 Å². The molecule has 0 saturated carbocycles. The first kappa shape index (κ1) is 14.2. The molecule has 21 heavy (non-hydrogen) atoms. The molecule has 0 amide bonds. The number of anilines is 1. The number of ether oxygens (including phenoxy) is 1. The van der Waals surface area contributed by atoms with Gasteiger partial charge in [-0.2, -0.15) is 0 Å². The number of H-pyrrole nitrogens is 2. The lowest BCUT2D eigenvalue weighted by molar-refractivity contribution is -0.804. The van der Waals surface area contributed by atoms with Crippen LogP contribution in [0.5, 0.6) is 0 Å². The van der Waals surface area contributed by atoms with Crippen molar-refractivity contribution in [1.82, 2.24) is 9.97 Å². The molecule has 116 valence electrons. The third kappa shape index (κ3) is 2.08. The minimum Gasteiger partial charge on any atom is -0.394 e. The van der Waals surface area contributed by atoms with Crippen LogP contribution in [0.1, 0.15) is 0 Å². The average Bonchev–Trinajstić information content (AvgIpc) is 2.89. The van der Waals surface area contributed by atoms with Crippen molar-refractivity contribution in [3.05, 3.63) is 20.8 Å². The predicted octanol–water partition coefficient (Wildman–Crippen LogP) is -4.57. The van der Waals surface area contributed by atoms with Gasteiger partial charge in [0.2, 0.25) is 5.69 Å². The summed E-state index contributed by atoms with van der Waals surface area (Å²) in [6, 6.07) is 0. The van der Waals surface area contributed by atoms with E-state index in [0.717, 1.165) is 0 Å². The summed E-state index contributed by atoms with van der Waals surface area (Å²) in [6.45, 7) is -0.172. The largest absolute Gasteiger partial charge is 0.394 e. The van der Waals surface area contributed by atoms with Crippen LogP contribution in [-0.2, 0) is 4.74 Å². The number of hydrogen-bond acceptors (Lipinski definition) is 7. The van der Waals surface area contributed by atoms with Crippen LogP contribution in [0.4, 0.5) is 11.5 Å². The quantitative estimate of drug-likeness (QED) is 0.323. The van der Waals surface area contributed by atoms with Crippen molar-refractivity contribution in [2.45, 2.75) is 24.5 Å². The van der Waals surface area contributed by atoms with Gasteiger partial charge in [-0.15, -0.1) is 0 Å². The fourth-order valence-corrected chi connectivity index (χ4v) is 2.85. The number of hydrogen-bond donors (Lipinski definition) is 6. The van der Waals surface area contributed by atoms with Gasteiger partial charge in [-0.3, -0.25) is 24.6 Å². The highest BCUT2D eigenvalue weighted by Gasteiger charge is 2.49. The minimum atomic E-state index is -1.26. The summed E-state index contributed by atoms with van der Waals surface area (Å²) in [5, 5.41) is 29.0. The number of quaternary nitrogens is 1. The summed E-state index contributed by atoms with van der Waals surface area (Å²) < 4.78 is 5.43. The summed E-state index contributed by atoms with van der Waals surface area (Å²) in [4.78, 5) is 30.2. The maximum absolute atomic E-state index is 11.9. The Morgan fingerprint density at radius 2 is 2.05 bits per heavy atom. The normalized spacial score (nSPS) is 35.2. The summed E-state index contributed by atoms with van der Waals surface area (Å²) in [5.74, 6) is 0.246. The molecule has 2 aliphatic rings. The van der Waals surface area contributed by atoms with Crippen molar-refractivity contribution >= 4 is 11.5 Å². The number of aliphatic hydroxyl groups is 3. The van der Waals surface area contributed by atoms with Crippen LogP contribution in [0.25, 0.3) is 0 Å². The van der Waals surface area contributed by atoms with Gasteiger partial charge in [0.25, 0.3) is 0 Å². The van der Waals surface area contributed by atoms with E-state index in [9.17, 15) is 19.8 Å². The van der Waals surface area contributed by atoms with Crippen molar-refractivity contribution in [2.24, 2.45) is 0 Å². The van der Waals surface area contributed by atoms with E-state index in [1.165, 1.54) is 4.90 Å². The predicted molar refractivity (Wildman–Crippen MR) is 69.3 cm³/mol. The lowest BCUT2D eigenvalue weighted by atomic mass is 10.1. The fourth-order valence-electron chi connectivity index (χ4n) is 2.85. The summed E-state index contributed by atoms with van der Waals surface area (Å²) in [6.07, 6.45) is -4.37. The molecular formula is C11H17N4O6+. The van der Waals surface area contributed by atoms with Crippen molar-refractivity contribution < 1.29 is 25.0 Å². The zero-order valence-corrected chi connectivity index (χ0v) is 11.2. The van der Waals surface area contributed by atoms with E-state index in [0.29, 0.717) is 10.6 Å². The molecule has 1 saturated heterocycles. The van der Waals surface area contributed by atoms with Crippen LogP contribution in [0, 0.1) is 0 Å². The van der Waals surface area contributed by atoms with Crippen LogP contribution >= 0.6 is 0 Å². The van der Waals surface area contributed by atoms with E-state index in [4.69, 9.17) is 9.84 Å². The van der Waals surface area contributed by atoms with Gasteiger partial charge in [-0.1, -0.05) is 0 Å². The maximum atomic E-state index is 11.9. The van der Waals surface area contributed by atoms with E-state index in [-0.39, 0.29) is 12.5 Å². The number of fused-ring (bicyclic) bond motifs is 1. The van der Waals surface area contributed by atoms with E-state index in [1.54, 1.807) is 7.05 Å². The van der Waals surface area contributed by atoms with E-state index in [1.807, 2.05) is 0 Å². The van der Waals surface area contributed by atoms with Gasteiger partial charge in [-0.25, -0.2) is 4.79 Å². The molecule has 5 unspecified atom stereocenters. The Bertz CT molecular complexity index is 657. The molecule has 3 rings (SSSR count). The molecule has 1 aromatic heterocycles. The van der Waals surface area contributed by atoms with Gasteiger partial charge in [0, 0.05) is 0 Å². The van der Waals surface area contributed by atoms with Crippen molar-refractivity contribution in [3.8, 4) is 0 Å². The molecule has 3 heterocycles. The summed E-state index contributed by atoms with van der Waals surface area (Å²) in [7, 11) is 1.73. The first-order valence-corrected chi connectivity index (χ1v) is 6.52. The molecule has 1 aromatic rings. The number of aromatic amines is 2. The second kappa shape index (κ2) is 4.93. The van der Waals surface area contributed by atoms with Crippen LogP contribution in [0.3, 0.4) is 0 Å². The lowest BCUT2D eigenvalue weighted by Crippen LogP contribution is -3.04. The number of aliphatic hydroxyl groups excluding tert-OH is 3. The third-order valence-electron chi connectivity index (χ3n) is 3.87. The van der Waals surface area contributed by atoms with Gasteiger partial charge in [0.1, 0.15) is 18.3 Å². The Labute approximate surface area is 118 Å². The molecule has 5 atom stereocenters. The molecule has 6 N–H and O–H groups in total. The van der Waals surface area contributed by atoms with Gasteiger partial charge in [-0.05, 0) is 0 Å². The smallest absolute Gasteiger partial charge is 0.327 e. The van der Waals surface area contributed by atoms with Crippen molar-refractivity contribution in [3.63, 3.8) is 0 Å². The molecular weight excluding hydrogens is 284 g/mol. The standard InChI is InChI=1S/C11H16N4O6/c1-14-3-15(8-5(14)9(19)13-11(20)12-8)10-7(18)6(17)4(2-16)21-10/h4,6-7,10,16-18H,2-3H2,1H3,(H2,12,13,19,20)/p+1. The molecule has 10 heteroatoms. The maximum Gasteiger partial charge on any atom is 0.327 e. The van der Waals surface area contributed by atoms with Crippen LogP contribution in [0.15, 0.2) is 9.59 Å². The van der Waals surface area contributed by atoms with Gasteiger partial charge < -0.3 is 20.1 Å². The lowest BCUT2D eigenvalue weighted by Gasteiger charge is -2.25. The van der Waals surface area contributed by atoms with E-state index >= 15 is 0 Å². The number of nitrogens with zero attached hydrogens (tertiary/aromatic N) is 1. The average molecular weight is 301 g/mol. The molecule has 0 spiro atoms. The van der Waals surface area contributed by atoms with Crippen molar-refractivity contribution in [1.29, 1.82) is 0 Å². The Balaban J connectivity index is 2.01. The first-order valence-electron chi connectivity index (χ1n) is 6.52. The molecule has 0 bridgehead atoms. The topological polar surface area (TPSA) is 143 Å². The molecule has 0 aliphatic carbocycles. The molecule has 10 nitrogen and oxygen atoms in total. The number of nitrogens with one attached hydrogen (secondary N) is 3. The second-order valence-corrected chi connectivity index (χ2v) is 5.27. The monoisotopic (exact) mass is 301 g/mol. The number of rotatable bonds is 2. The van der Waals surface area contributed by atoms with Gasteiger partial charge in [0.05, 0.1) is 13.7 Å². The van der Waals surface area contributed by atoms with Gasteiger partial charge in [0.15, 0.2) is 18.7 Å². The second-order valence-electron chi connectivity index (χ2n) is 5.27. The van der Waals surface area contributed by atoms with E-state index in [2.05, 4.69) is 9.97 Å². The highest BCUT2D eigenvalue weighted by molar-refractivity contribution is 5.58. The third-order valence-corrected chi connectivity index (χ3v) is 3.87. The van der Waals surface area contributed by atoms with Gasteiger partial charge >= 0.3 is 11.2 Å². The molecule has 1 fully saturated rings. The Morgan fingerprint density at radius 3 is 2.67 bits per heavy atom. The zero-order valence-electron chi connectivity index (χ0n) is 11.2. The summed E-state index contributed by atoms with van der Waals surface area (Å²) in [5.41, 5.74) is -0.849. The number of aromatic nitrogens is 2. The molecule has 2 aliphatic heterocycles. The minimum absolute atomic E-state index is 0.246. The van der Waals surface area contributed by atoms with Crippen LogP contribution in [0.2, 0.25) is 0 Å². The highest BCUT2D eigenvalue weighted by Crippen LogP contribution is 2.29. The van der Waals surface area contributed by atoms with Crippen LogP contribution < -0.4 is 21.0 Å². The molecule has 0 radical (unpaired) electrons. The SMILES string of the molecule is C[NH+]1CN(C2OC(CO)C(O)C2O)c2[nH]c(=O)[nH]c(=O)c21. The fraction of sp³-hybridized carbons (Fsp3) is 0.636. The Kier molecular flexibility index (Phi) is 3.34. The summed E-state index contributed by atoms with van der Waals surface area (Å²) >= 11 is 0. The molecule has 0 aromatic carbocycles. The Hall–Kier alpha value is -1.72. The first-order chi connectivity index (χ1) is 9.93. The highest BCUT2D eigenvalue weighted by atomic mass is 16.6.